The molecule has 1 fully saturated rings. The van der Waals surface area contributed by atoms with Crippen molar-refractivity contribution in [3.05, 3.63) is 23.8 Å². The number of benzene rings is 1. The maximum absolute atomic E-state index is 5.47. The van der Waals surface area contributed by atoms with Gasteiger partial charge in [0.25, 0.3) is 0 Å². The second-order valence-corrected chi connectivity index (χ2v) is 7.96. The number of ether oxygens (including phenoxy) is 2. The van der Waals surface area contributed by atoms with Crippen molar-refractivity contribution in [1.29, 1.82) is 0 Å². The van der Waals surface area contributed by atoms with Gasteiger partial charge in [0.05, 0.1) is 14.2 Å². The number of likely N-dealkylation sites (tertiary alicyclic amines) is 1. The van der Waals surface area contributed by atoms with Crippen LogP contribution in [0.5, 0.6) is 11.5 Å². The minimum Gasteiger partial charge on any atom is -0.497 e. The highest BCUT2D eigenvalue weighted by Gasteiger charge is 2.30. The Kier molecular flexibility index (Phi) is 7.78. The lowest BCUT2D eigenvalue weighted by atomic mass is 9.93. The number of rotatable bonds is 7. The molecule has 1 aromatic carbocycles. The maximum atomic E-state index is 5.47. The Morgan fingerprint density at radius 3 is 2.67 bits per heavy atom. The van der Waals surface area contributed by atoms with E-state index in [9.17, 15) is 0 Å². The van der Waals surface area contributed by atoms with E-state index in [1.165, 1.54) is 25.9 Å². The predicted molar refractivity (Wildman–Crippen MR) is 112 cm³/mol. The Morgan fingerprint density at radius 1 is 1.26 bits per heavy atom. The van der Waals surface area contributed by atoms with Gasteiger partial charge in [-0.2, -0.15) is 0 Å². The van der Waals surface area contributed by atoms with Crippen molar-refractivity contribution in [2.24, 2.45) is 10.9 Å². The van der Waals surface area contributed by atoms with Gasteiger partial charge in [0, 0.05) is 43.9 Å². The van der Waals surface area contributed by atoms with Crippen molar-refractivity contribution >= 4 is 5.96 Å². The number of methoxy groups -OCH3 is 2. The average Bonchev–Trinajstić information content (AvgIpc) is 2.68. The molecule has 1 aliphatic heterocycles. The summed E-state index contributed by atoms with van der Waals surface area (Å²) in [5.41, 5.74) is 1.15. The van der Waals surface area contributed by atoms with Gasteiger partial charge in [0.15, 0.2) is 5.96 Å². The molecule has 1 heterocycles. The molecule has 1 saturated heterocycles. The number of aliphatic imine (C=N–C) groups is 1. The largest absolute Gasteiger partial charge is 0.497 e. The minimum atomic E-state index is 0.0874. The quantitative estimate of drug-likeness (QED) is 0.566. The zero-order valence-electron chi connectivity index (χ0n) is 17.8. The third-order valence-corrected chi connectivity index (χ3v) is 5.37. The molecule has 0 aromatic heterocycles. The lowest BCUT2D eigenvalue weighted by molar-refractivity contribution is 0.0739. The van der Waals surface area contributed by atoms with Crippen LogP contribution in [0.25, 0.3) is 0 Å². The minimum absolute atomic E-state index is 0.0874. The molecule has 0 spiro atoms. The summed E-state index contributed by atoms with van der Waals surface area (Å²) in [4.78, 5) is 6.96. The monoisotopic (exact) mass is 376 g/mol. The first-order chi connectivity index (χ1) is 12.9. The van der Waals surface area contributed by atoms with Crippen LogP contribution in [0.1, 0.15) is 39.2 Å². The zero-order valence-corrected chi connectivity index (χ0v) is 17.8. The Bertz CT molecular complexity index is 631. The number of nitrogens with zero attached hydrogens (tertiary/aromatic N) is 2. The highest BCUT2D eigenvalue weighted by Crippen LogP contribution is 2.25. The summed E-state index contributed by atoms with van der Waals surface area (Å²) in [7, 11) is 5.13. The second-order valence-electron chi connectivity index (χ2n) is 7.96. The van der Waals surface area contributed by atoms with Gasteiger partial charge in [0.1, 0.15) is 11.5 Å². The number of piperidine rings is 1. The summed E-state index contributed by atoms with van der Waals surface area (Å²) in [5, 5.41) is 6.87. The highest BCUT2D eigenvalue weighted by atomic mass is 16.5. The topological polar surface area (TPSA) is 58.1 Å². The molecule has 0 aliphatic carbocycles. The summed E-state index contributed by atoms with van der Waals surface area (Å²) in [5.74, 6) is 3.17. The Hall–Kier alpha value is -1.95. The summed E-state index contributed by atoms with van der Waals surface area (Å²) < 4.78 is 10.7. The smallest absolute Gasteiger partial charge is 0.191 e. The third kappa shape index (κ3) is 6.03. The molecular formula is C21H36N4O2. The van der Waals surface area contributed by atoms with E-state index in [0.29, 0.717) is 6.54 Å². The molecule has 1 atom stereocenters. The Labute approximate surface area is 164 Å². The molecule has 27 heavy (non-hydrogen) atoms. The van der Waals surface area contributed by atoms with Crippen LogP contribution in [0, 0.1) is 5.92 Å². The molecule has 0 bridgehead atoms. The number of hydrogen-bond acceptors (Lipinski definition) is 4. The van der Waals surface area contributed by atoms with E-state index in [1.807, 2.05) is 18.2 Å². The molecule has 2 rings (SSSR count). The van der Waals surface area contributed by atoms with Gasteiger partial charge in [-0.25, -0.2) is 0 Å². The van der Waals surface area contributed by atoms with Crippen LogP contribution in [0.15, 0.2) is 23.2 Å². The Morgan fingerprint density at radius 2 is 2.04 bits per heavy atom. The van der Waals surface area contributed by atoms with Gasteiger partial charge < -0.3 is 20.1 Å². The van der Waals surface area contributed by atoms with E-state index in [2.05, 4.69) is 41.3 Å². The van der Waals surface area contributed by atoms with E-state index in [1.54, 1.807) is 21.3 Å². The first kappa shape index (κ1) is 21.4. The summed E-state index contributed by atoms with van der Waals surface area (Å²) in [6, 6.07) is 5.85. The van der Waals surface area contributed by atoms with E-state index < -0.39 is 0 Å². The standard InChI is InChI=1S/C21H36N4O2/c1-16-8-7-11-25(14-16)21(2,3)15-24-20(22-4)23-13-17-9-10-18(26-5)12-19(17)27-6/h9-10,12,16H,7-8,11,13-15H2,1-6H3,(H2,22,23,24). The Balaban J connectivity index is 1.90. The van der Waals surface area contributed by atoms with Crippen molar-refractivity contribution in [2.45, 2.75) is 45.7 Å². The van der Waals surface area contributed by atoms with Gasteiger partial charge in [-0.1, -0.05) is 6.92 Å². The SMILES string of the molecule is CN=C(NCc1ccc(OC)cc1OC)NCC(C)(C)N1CCCC(C)C1. The molecule has 1 aliphatic rings. The second kappa shape index (κ2) is 9.83. The van der Waals surface area contributed by atoms with Crippen LogP contribution in [-0.4, -0.2) is 57.3 Å². The van der Waals surface area contributed by atoms with Crippen LogP contribution in [0.4, 0.5) is 0 Å². The molecule has 6 heteroatoms. The normalized spacial score (nSPS) is 18.9. The molecule has 1 aromatic rings. The predicted octanol–water partition coefficient (Wildman–Crippen LogP) is 2.88. The average molecular weight is 377 g/mol. The van der Waals surface area contributed by atoms with Crippen molar-refractivity contribution in [3.63, 3.8) is 0 Å². The maximum Gasteiger partial charge on any atom is 0.191 e. The van der Waals surface area contributed by atoms with E-state index in [0.717, 1.165) is 35.5 Å². The number of nitrogens with one attached hydrogen (secondary N) is 2. The highest BCUT2D eigenvalue weighted by molar-refractivity contribution is 5.79. The van der Waals surface area contributed by atoms with Gasteiger partial charge in [-0.15, -0.1) is 0 Å². The zero-order chi connectivity index (χ0) is 19.9. The molecule has 0 amide bonds. The lowest BCUT2D eigenvalue weighted by Crippen LogP contribution is -2.55. The molecule has 2 N–H and O–H groups in total. The van der Waals surface area contributed by atoms with Crippen molar-refractivity contribution in [3.8, 4) is 11.5 Å². The molecule has 0 radical (unpaired) electrons. The van der Waals surface area contributed by atoms with Crippen LogP contribution in [-0.2, 0) is 6.54 Å². The van der Waals surface area contributed by atoms with Gasteiger partial charge >= 0.3 is 0 Å². The lowest BCUT2D eigenvalue weighted by Gasteiger charge is -2.43. The first-order valence-electron chi connectivity index (χ1n) is 9.80. The first-order valence-corrected chi connectivity index (χ1v) is 9.80. The summed E-state index contributed by atoms with van der Waals surface area (Å²) in [6.45, 7) is 10.8. The molecule has 1 unspecified atom stereocenters. The van der Waals surface area contributed by atoms with Crippen LogP contribution < -0.4 is 20.1 Å². The van der Waals surface area contributed by atoms with Crippen LogP contribution >= 0.6 is 0 Å². The van der Waals surface area contributed by atoms with Crippen LogP contribution in [0.2, 0.25) is 0 Å². The molecule has 6 nitrogen and oxygen atoms in total. The fraction of sp³-hybridized carbons (Fsp3) is 0.667. The van der Waals surface area contributed by atoms with Gasteiger partial charge in [0.2, 0.25) is 0 Å². The fourth-order valence-corrected chi connectivity index (χ4v) is 3.55. The van der Waals surface area contributed by atoms with Crippen molar-refractivity contribution in [2.75, 3.05) is 40.9 Å². The van der Waals surface area contributed by atoms with E-state index in [4.69, 9.17) is 9.47 Å². The van der Waals surface area contributed by atoms with E-state index >= 15 is 0 Å². The van der Waals surface area contributed by atoms with Crippen molar-refractivity contribution < 1.29 is 9.47 Å². The third-order valence-electron chi connectivity index (χ3n) is 5.37. The molecule has 152 valence electrons. The van der Waals surface area contributed by atoms with E-state index in [-0.39, 0.29) is 5.54 Å². The molecular weight excluding hydrogens is 340 g/mol. The number of guanidine groups is 1. The fourth-order valence-electron chi connectivity index (χ4n) is 3.55. The molecule has 0 saturated carbocycles. The summed E-state index contributed by atoms with van der Waals surface area (Å²) >= 11 is 0. The van der Waals surface area contributed by atoms with Gasteiger partial charge in [-0.3, -0.25) is 9.89 Å². The van der Waals surface area contributed by atoms with Crippen LogP contribution in [0.3, 0.4) is 0 Å². The number of hydrogen-bond donors (Lipinski definition) is 2. The summed E-state index contributed by atoms with van der Waals surface area (Å²) in [6.07, 6.45) is 2.63. The van der Waals surface area contributed by atoms with Crippen molar-refractivity contribution in [1.82, 2.24) is 15.5 Å². The van der Waals surface area contributed by atoms with Gasteiger partial charge in [-0.05, 0) is 51.3 Å².